The number of halogens is 1. The number of carbonyl (C=O) groups is 2. The van der Waals surface area contributed by atoms with E-state index in [1.807, 2.05) is 0 Å². The number of rotatable bonds is 5. The molecule has 2 aromatic rings. The molecule has 1 heterocycles. The number of anilines is 1. The number of methoxy groups -OCH3 is 1. The van der Waals surface area contributed by atoms with Gasteiger partial charge in [0.05, 0.1) is 20.2 Å². The van der Waals surface area contributed by atoms with E-state index in [1.54, 1.807) is 24.3 Å². The van der Waals surface area contributed by atoms with Crippen LogP contribution >= 0.6 is 0 Å². The Kier molecular flexibility index (Phi) is 4.83. The van der Waals surface area contributed by atoms with Gasteiger partial charge in [-0.1, -0.05) is 6.07 Å². The molecule has 2 aromatic carbocycles. The van der Waals surface area contributed by atoms with Crippen molar-refractivity contribution in [2.75, 3.05) is 25.1 Å². The number of ether oxygens (including phenoxy) is 2. The summed E-state index contributed by atoms with van der Waals surface area (Å²) in [4.78, 5) is 25.5. The maximum Gasteiger partial charge on any atom is 0.414 e. The van der Waals surface area contributed by atoms with Gasteiger partial charge in [0.2, 0.25) is 0 Å². The lowest BCUT2D eigenvalue weighted by molar-refractivity contribution is 0.0916. The Bertz CT molecular complexity index is 779. The molecular formula is C18H17FN2O4. The van der Waals surface area contributed by atoms with Gasteiger partial charge in [-0.3, -0.25) is 9.69 Å². The molecule has 1 atom stereocenters. The SMILES string of the molecule is COc1cccc(C(=O)NCC2CN(c3ccc(F)cc3)C(=O)O2)c1. The quantitative estimate of drug-likeness (QED) is 0.905. The maximum absolute atomic E-state index is 13.0. The summed E-state index contributed by atoms with van der Waals surface area (Å²) < 4.78 is 23.3. The fraction of sp³-hybridized carbons (Fsp3) is 0.222. The third-order valence-corrected chi connectivity index (χ3v) is 3.83. The summed E-state index contributed by atoms with van der Waals surface area (Å²) >= 11 is 0. The van der Waals surface area contributed by atoms with Gasteiger partial charge < -0.3 is 14.8 Å². The van der Waals surface area contributed by atoms with Crippen LogP contribution < -0.4 is 15.0 Å². The highest BCUT2D eigenvalue weighted by atomic mass is 19.1. The van der Waals surface area contributed by atoms with Crippen LogP contribution in [0.4, 0.5) is 14.9 Å². The lowest BCUT2D eigenvalue weighted by Gasteiger charge is -2.13. The Balaban J connectivity index is 1.58. The molecule has 130 valence electrons. The molecule has 1 fully saturated rings. The predicted octanol–water partition coefficient (Wildman–Crippen LogP) is 2.59. The summed E-state index contributed by atoms with van der Waals surface area (Å²) in [7, 11) is 1.53. The minimum absolute atomic E-state index is 0.180. The topological polar surface area (TPSA) is 67.9 Å². The molecule has 1 saturated heterocycles. The number of hydrogen-bond acceptors (Lipinski definition) is 4. The van der Waals surface area contributed by atoms with Crippen LogP contribution in [0.25, 0.3) is 0 Å². The molecule has 1 aliphatic heterocycles. The Hall–Kier alpha value is -3.09. The van der Waals surface area contributed by atoms with Crippen molar-refractivity contribution in [2.45, 2.75) is 6.10 Å². The van der Waals surface area contributed by atoms with Crippen LogP contribution in [0.5, 0.6) is 5.75 Å². The van der Waals surface area contributed by atoms with Crippen LogP contribution in [0.15, 0.2) is 48.5 Å². The Morgan fingerprint density at radius 3 is 2.80 bits per heavy atom. The highest BCUT2D eigenvalue weighted by molar-refractivity contribution is 5.94. The number of hydrogen-bond donors (Lipinski definition) is 1. The Morgan fingerprint density at radius 1 is 1.32 bits per heavy atom. The summed E-state index contributed by atoms with van der Waals surface area (Å²) in [6.07, 6.45) is -1.00. The molecule has 1 N–H and O–H groups in total. The number of nitrogens with zero attached hydrogens (tertiary/aromatic N) is 1. The standard InChI is InChI=1S/C18H17FN2O4/c1-24-15-4-2-3-12(9-15)17(22)20-10-16-11-21(18(23)25-16)14-7-5-13(19)6-8-14/h2-9,16H,10-11H2,1H3,(H,20,22). The van der Waals surface area contributed by atoms with E-state index in [1.165, 1.54) is 36.3 Å². The van der Waals surface area contributed by atoms with Gasteiger partial charge in [0.15, 0.2) is 0 Å². The molecule has 3 rings (SSSR count). The summed E-state index contributed by atoms with van der Waals surface area (Å²) in [6, 6.07) is 12.3. The summed E-state index contributed by atoms with van der Waals surface area (Å²) in [5, 5.41) is 2.74. The molecule has 0 saturated carbocycles. The minimum atomic E-state index is -0.521. The normalized spacial score (nSPS) is 16.5. The van der Waals surface area contributed by atoms with Crippen LogP contribution in [0.1, 0.15) is 10.4 Å². The van der Waals surface area contributed by atoms with Gasteiger partial charge in [0, 0.05) is 11.3 Å². The van der Waals surface area contributed by atoms with Crippen molar-refractivity contribution < 1.29 is 23.5 Å². The lowest BCUT2D eigenvalue weighted by Crippen LogP contribution is -2.34. The van der Waals surface area contributed by atoms with Crippen molar-refractivity contribution in [3.8, 4) is 5.75 Å². The van der Waals surface area contributed by atoms with Crippen molar-refractivity contribution in [1.29, 1.82) is 0 Å². The van der Waals surface area contributed by atoms with E-state index >= 15 is 0 Å². The maximum atomic E-state index is 13.0. The fourth-order valence-electron chi connectivity index (χ4n) is 2.53. The van der Waals surface area contributed by atoms with Gasteiger partial charge in [-0.05, 0) is 42.5 Å². The molecule has 1 unspecified atom stereocenters. The van der Waals surface area contributed by atoms with E-state index in [0.717, 1.165) is 0 Å². The number of cyclic esters (lactones) is 1. The first-order valence-electron chi connectivity index (χ1n) is 7.73. The zero-order valence-corrected chi connectivity index (χ0v) is 13.6. The molecule has 6 nitrogen and oxygen atoms in total. The van der Waals surface area contributed by atoms with Gasteiger partial charge in [-0.2, -0.15) is 0 Å². The first-order valence-corrected chi connectivity index (χ1v) is 7.73. The average molecular weight is 344 g/mol. The molecular weight excluding hydrogens is 327 g/mol. The minimum Gasteiger partial charge on any atom is -0.497 e. The Morgan fingerprint density at radius 2 is 2.08 bits per heavy atom. The van der Waals surface area contributed by atoms with E-state index in [2.05, 4.69) is 5.32 Å². The third kappa shape index (κ3) is 3.88. The van der Waals surface area contributed by atoms with Crippen molar-refractivity contribution in [1.82, 2.24) is 5.32 Å². The summed E-state index contributed by atoms with van der Waals surface area (Å²) in [5.41, 5.74) is 1.01. The second-order valence-corrected chi connectivity index (χ2v) is 5.53. The third-order valence-electron chi connectivity index (χ3n) is 3.83. The second kappa shape index (κ2) is 7.21. The molecule has 0 bridgehead atoms. The Labute approximate surface area is 144 Å². The van der Waals surface area contributed by atoms with Gasteiger partial charge >= 0.3 is 6.09 Å². The second-order valence-electron chi connectivity index (χ2n) is 5.53. The fourth-order valence-corrected chi connectivity index (χ4v) is 2.53. The van der Waals surface area contributed by atoms with E-state index in [9.17, 15) is 14.0 Å². The monoisotopic (exact) mass is 344 g/mol. The van der Waals surface area contributed by atoms with Crippen LogP contribution in [0.3, 0.4) is 0 Å². The first-order chi connectivity index (χ1) is 12.1. The van der Waals surface area contributed by atoms with Crippen molar-refractivity contribution in [3.63, 3.8) is 0 Å². The van der Waals surface area contributed by atoms with Gasteiger partial charge in [0.1, 0.15) is 17.7 Å². The number of amides is 2. The van der Waals surface area contributed by atoms with E-state index in [0.29, 0.717) is 17.0 Å². The lowest BCUT2D eigenvalue weighted by atomic mass is 10.2. The first kappa shape index (κ1) is 16.8. The van der Waals surface area contributed by atoms with Crippen molar-refractivity contribution in [3.05, 3.63) is 59.9 Å². The average Bonchev–Trinajstić information content (AvgIpc) is 3.01. The molecule has 0 aliphatic carbocycles. The van der Waals surface area contributed by atoms with Gasteiger partial charge in [-0.15, -0.1) is 0 Å². The molecule has 2 amide bonds. The molecule has 7 heteroatoms. The zero-order valence-electron chi connectivity index (χ0n) is 13.6. The van der Waals surface area contributed by atoms with Crippen LogP contribution in [0, 0.1) is 5.82 Å². The zero-order chi connectivity index (χ0) is 17.8. The largest absolute Gasteiger partial charge is 0.497 e. The van der Waals surface area contributed by atoms with Crippen LogP contribution in [-0.2, 0) is 4.74 Å². The number of nitrogens with one attached hydrogen (secondary N) is 1. The summed E-state index contributed by atoms with van der Waals surface area (Å²) in [5.74, 6) is -0.0731. The highest BCUT2D eigenvalue weighted by Crippen LogP contribution is 2.21. The van der Waals surface area contributed by atoms with Gasteiger partial charge in [0.25, 0.3) is 5.91 Å². The van der Waals surface area contributed by atoms with E-state index in [4.69, 9.17) is 9.47 Å². The highest BCUT2D eigenvalue weighted by Gasteiger charge is 2.32. The van der Waals surface area contributed by atoms with Crippen molar-refractivity contribution in [2.24, 2.45) is 0 Å². The molecule has 1 aliphatic rings. The van der Waals surface area contributed by atoms with E-state index < -0.39 is 12.2 Å². The number of benzene rings is 2. The summed E-state index contributed by atoms with van der Waals surface area (Å²) in [6.45, 7) is 0.461. The predicted molar refractivity (Wildman–Crippen MR) is 89.3 cm³/mol. The number of carbonyl (C=O) groups excluding carboxylic acids is 2. The molecule has 0 aromatic heterocycles. The molecule has 0 radical (unpaired) electrons. The van der Waals surface area contributed by atoms with E-state index in [-0.39, 0.29) is 24.8 Å². The molecule has 25 heavy (non-hydrogen) atoms. The van der Waals surface area contributed by atoms with Crippen molar-refractivity contribution >= 4 is 17.7 Å². The van der Waals surface area contributed by atoms with Gasteiger partial charge in [-0.25, -0.2) is 9.18 Å². The van der Waals surface area contributed by atoms with Crippen LogP contribution in [0.2, 0.25) is 0 Å². The van der Waals surface area contributed by atoms with Crippen LogP contribution in [-0.4, -0.2) is 38.3 Å². The molecule has 0 spiro atoms. The smallest absolute Gasteiger partial charge is 0.414 e.